The Balaban J connectivity index is 1.77. The van der Waals surface area contributed by atoms with Crippen molar-refractivity contribution in [2.75, 3.05) is 32.9 Å². The second-order valence-electron chi connectivity index (χ2n) is 6.84. The van der Waals surface area contributed by atoms with Crippen LogP contribution in [0.5, 0.6) is 0 Å². The fourth-order valence-corrected chi connectivity index (χ4v) is 4.00. The van der Waals surface area contributed by atoms with Crippen molar-refractivity contribution < 1.29 is 8.42 Å². The first-order valence-corrected chi connectivity index (χ1v) is 10.6. The monoisotopic (exact) mass is 366 g/mol. The number of sulfonamides is 1. The third kappa shape index (κ3) is 6.01. The van der Waals surface area contributed by atoms with Gasteiger partial charge in [0.1, 0.15) is 0 Å². The molecule has 140 valence electrons. The van der Waals surface area contributed by atoms with Crippen LogP contribution in [-0.2, 0) is 16.6 Å². The van der Waals surface area contributed by atoms with Crippen LogP contribution in [0.3, 0.4) is 0 Å². The number of hydrogen-bond acceptors (Lipinski definition) is 3. The highest BCUT2D eigenvalue weighted by molar-refractivity contribution is 7.88. The molecule has 6 nitrogen and oxygen atoms in total. The minimum Gasteiger partial charge on any atom is -0.356 e. The normalized spacial score (nSPS) is 17.5. The van der Waals surface area contributed by atoms with E-state index in [0.29, 0.717) is 19.0 Å². The van der Waals surface area contributed by atoms with E-state index in [9.17, 15) is 8.42 Å². The fraction of sp³-hybridized carbons (Fsp3) is 0.611. The van der Waals surface area contributed by atoms with E-state index >= 15 is 0 Å². The third-order valence-electron chi connectivity index (χ3n) is 4.77. The highest BCUT2D eigenvalue weighted by Crippen LogP contribution is 2.18. The Hall–Kier alpha value is -1.60. The molecule has 0 atom stereocenters. The van der Waals surface area contributed by atoms with Gasteiger partial charge in [0.05, 0.1) is 6.26 Å². The van der Waals surface area contributed by atoms with Crippen LogP contribution in [0.25, 0.3) is 0 Å². The molecule has 0 aliphatic carbocycles. The topological polar surface area (TPSA) is 73.8 Å². The van der Waals surface area contributed by atoms with Crippen LogP contribution in [0.15, 0.2) is 23.2 Å². The molecule has 2 rings (SSSR count). The van der Waals surface area contributed by atoms with Crippen molar-refractivity contribution in [2.45, 2.75) is 33.2 Å². The summed E-state index contributed by atoms with van der Waals surface area (Å²) in [5.41, 5.74) is 3.80. The number of guanidine groups is 1. The molecule has 7 heteroatoms. The molecular weight excluding hydrogens is 336 g/mol. The van der Waals surface area contributed by atoms with Crippen LogP contribution in [-0.4, -0.2) is 51.6 Å². The summed E-state index contributed by atoms with van der Waals surface area (Å²) in [4.78, 5) is 4.28. The number of rotatable bonds is 5. The zero-order valence-electron chi connectivity index (χ0n) is 15.7. The predicted molar refractivity (Wildman–Crippen MR) is 103 cm³/mol. The first-order chi connectivity index (χ1) is 11.8. The smallest absolute Gasteiger partial charge is 0.211 e. The van der Waals surface area contributed by atoms with E-state index in [2.05, 4.69) is 47.7 Å². The lowest BCUT2D eigenvalue weighted by atomic mass is 9.98. The Morgan fingerprint density at radius 1 is 1.24 bits per heavy atom. The van der Waals surface area contributed by atoms with Gasteiger partial charge in [-0.1, -0.05) is 23.8 Å². The highest BCUT2D eigenvalue weighted by Gasteiger charge is 2.24. The molecule has 1 aromatic rings. The van der Waals surface area contributed by atoms with Crippen LogP contribution < -0.4 is 10.6 Å². The van der Waals surface area contributed by atoms with Crippen LogP contribution in [0.1, 0.15) is 29.5 Å². The molecule has 1 fully saturated rings. The quantitative estimate of drug-likeness (QED) is 0.614. The summed E-state index contributed by atoms with van der Waals surface area (Å²) >= 11 is 0. The summed E-state index contributed by atoms with van der Waals surface area (Å²) in [6.45, 7) is 6.98. The summed E-state index contributed by atoms with van der Waals surface area (Å²) in [6.07, 6.45) is 3.05. The summed E-state index contributed by atoms with van der Waals surface area (Å²) in [5, 5.41) is 6.72. The Morgan fingerprint density at radius 3 is 2.48 bits per heavy atom. The molecule has 1 heterocycles. The third-order valence-corrected chi connectivity index (χ3v) is 6.07. The zero-order valence-corrected chi connectivity index (χ0v) is 16.5. The van der Waals surface area contributed by atoms with Gasteiger partial charge in [-0.15, -0.1) is 0 Å². The Morgan fingerprint density at radius 2 is 1.92 bits per heavy atom. The average Bonchev–Trinajstić information content (AvgIpc) is 2.56. The summed E-state index contributed by atoms with van der Waals surface area (Å²) in [6, 6.07) is 6.45. The van der Waals surface area contributed by atoms with Crippen molar-refractivity contribution in [2.24, 2.45) is 10.9 Å². The first-order valence-electron chi connectivity index (χ1n) is 8.75. The van der Waals surface area contributed by atoms with Gasteiger partial charge in [0, 0.05) is 33.2 Å². The molecule has 1 aliphatic heterocycles. The number of nitrogens with one attached hydrogen (secondary N) is 2. The minimum atomic E-state index is -3.05. The molecule has 0 aromatic heterocycles. The van der Waals surface area contributed by atoms with E-state index in [1.807, 2.05) is 0 Å². The zero-order chi connectivity index (χ0) is 18.4. The molecule has 0 spiro atoms. The van der Waals surface area contributed by atoms with Gasteiger partial charge in [0.15, 0.2) is 5.96 Å². The number of piperidine rings is 1. The van der Waals surface area contributed by atoms with E-state index in [1.165, 1.54) is 22.9 Å². The van der Waals surface area contributed by atoms with E-state index in [0.717, 1.165) is 31.9 Å². The summed E-state index contributed by atoms with van der Waals surface area (Å²) < 4.78 is 24.7. The van der Waals surface area contributed by atoms with Gasteiger partial charge < -0.3 is 10.6 Å². The van der Waals surface area contributed by atoms with Crippen molar-refractivity contribution in [3.8, 4) is 0 Å². The van der Waals surface area contributed by atoms with E-state index in [1.54, 1.807) is 11.4 Å². The molecule has 0 saturated carbocycles. The van der Waals surface area contributed by atoms with Crippen molar-refractivity contribution in [1.82, 2.24) is 14.9 Å². The molecule has 2 N–H and O–H groups in total. The maximum atomic E-state index is 11.6. The highest BCUT2D eigenvalue weighted by atomic mass is 32.2. The van der Waals surface area contributed by atoms with Gasteiger partial charge in [0.2, 0.25) is 10.0 Å². The van der Waals surface area contributed by atoms with Gasteiger partial charge in [-0.2, -0.15) is 0 Å². The van der Waals surface area contributed by atoms with Crippen LogP contribution in [0.2, 0.25) is 0 Å². The number of aryl methyl sites for hydroxylation is 2. The lowest BCUT2D eigenvalue weighted by Crippen LogP contribution is -2.43. The maximum Gasteiger partial charge on any atom is 0.211 e. The minimum absolute atomic E-state index is 0.470. The SMILES string of the molecule is CN=C(NCc1ccc(C)cc1C)NCC1CCN(S(C)(=O)=O)CC1. The molecule has 1 aromatic carbocycles. The molecule has 1 saturated heterocycles. The lowest BCUT2D eigenvalue weighted by Gasteiger charge is -2.30. The van der Waals surface area contributed by atoms with Gasteiger partial charge in [-0.3, -0.25) is 4.99 Å². The molecule has 1 aliphatic rings. The van der Waals surface area contributed by atoms with Crippen molar-refractivity contribution >= 4 is 16.0 Å². The van der Waals surface area contributed by atoms with Gasteiger partial charge in [-0.05, 0) is 43.7 Å². The number of hydrogen-bond donors (Lipinski definition) is 2. The number of aliphatic imine (C=N–C) groups is 1. The molecule has 0 unspecified atom stereocenters. The predicted octanol–water partition coefficient (Wildman–Crippen LogP) is 1.64. The maximum absolute atomic E-state index is 11.6. The largest absolute Gasteiger partial charge is 0.356 e. The van der Waals surface area contributed by atoms with Crippen molar-refractivity contribution in [1.29, 1.82) is 0 Å². The first kappa shape index (κ1) is 19.7. The van der Waals surface area contributed by atoms with Crippen molar-refractivity contribution in [3.63, 3.8) is 0 Å². The molecule has 0 radical (unpaired) electrons. The molecule has 0 bridgehead atoms. The summed E-state index contributed by atoms with van der Waals surface area (Å²) in [7, 11) is -1.29. The standard InChI is InChI=1S/C18H30N4O2S/c1-14-5-6-17(15(2)11-14)13-21-18(19-3)20-12-16-7-9-22(10-8-16)25(4,23)24/h5-6,11,16H,7-10,12-13H2,1-4H3,(H2,19,20,21). The second kappa shape index (κ2) is 8.67. The van der Waals surface area contributed by atoms with E-state index < -0.39 is 10.0 Å². The second-order valence-corrected chi connectivity index (χ2v) is 8.82. The fourth-order valence-electron chi connectivity index (χ4n) is 3.13. The van der Waals surface area contributed by atoms with Gasteiger partial charge >= 0.3 is 0 Å². The molecular formula is C18H30N4O2S. The Labute approximate surface area is 151 Å². The van der Waals surface area contributed by atoms with Crippen LogP contribution in [0.4, 0.5) is 0 Å². The summed E-state index contributed by atoms with van der Waals surface area (Å²) in [5.74, 6) is 1.25. The van der Waals surface area contributed by atoms with E-state index in [4.69, 9.17) is 0 Å². The number of nitrogens with zero attached hydrogens (tertiary/aromatic N) is 2. The Kier molecular flexibility index (Phi) is 6.84. The van der Waals surface area contributed by atoms with Crippen molar-refractivity contribution in [3.05, 3.63) is 34.9 Å². The lowest BCUT2D eigenvalue weighted by molar-refractivity contribution is 0.275. The van der Waals surface area contributed by atoms with E-state index in [-0.39, 0.29) is 0 Å². The molecule has 25 heavy (non-hydrogen) atoms. The van der Waals surface area contributed by atoms with Gasteiger partial charge in [0.25, 0.3) is 0 Å². The average molecular weight is 367 g/mol. The number of benzene rings is 1. The van der Waals surface area contributed by atoms with Gasteiger partial charge in [-0.25, -0.2) is 12.7 Å². The van der Waals surface area contributed by atoms with Crippen LogP contribution in [0, 0.1) is 19.8 Å². The van der Waals surface area contributed by atoms with Crippen LogP contribution >= 0.6 is 0 Å². The Bertz CT molecular complexity index is 708. The molecule has 0 amide bonds.